The summed E-state index contributed by atoms with van der Waals surface area (Å²) in [5.74, 6) is 0. The number of likely N-dealkylation sites (tertiary alicyclic amines) is 2. The third kappa shape index (κ3) is 1.87. The number of hydrogen-bond donors (Lipinski definition) is 1. The fourth-order valence-corrected chi connectivity index (χ4v) is 2.73. The van der Waals surface area contributed by atoms with E-state index in [-0.39, 0.29) is 6.10 Å². The summed E-state index contributed by atoms with van der Waals surface area (Å²) >= 11 is 0. The van der Waals surface area contributed by atoms with Gasteiger partial charge in [0.25, 0.3) is 0 Å². The van der Waals surface area contributed by atoms with Crippen LogP contribution in [-0.2, 0) is 0 Å². The Morgan fingerprint density at radius 1 is 1.31 bits per heavy atom. The molecule has 0 bridgehead atoms. The van der Waals surface area contributed by atoms with Crippen molar-refractivity contribution in [2.45, 2.75) is 19.4 Å². The molecular weight excluding hydrogens is 164 g/mol. The van der Waals surface area contributed by atoms with E-state index in [1.165, 1.54) is 26.2 Å². The molecule has 1 atom stereocenters. The molecule has 0 amide bonds. The van der Waals surface area contributed by atoms with Crippen molar-refractivity contribution in [3.05, 3.63) is 0 Å². The van der Waals surface area contributed by atoms with Gasteiger partial charge in [-0.1, -0.05) is 0 Å². The lowest BCUT2D eigenvalue weighted by Crippen LogP contribution is -2.71. The molecule has 0 aromatic rings. The van der Waals surface area contributed by atoms with Crippen LogP contribution < -0.4 is 0 Å². The Kier molecular flexibility index (Phi) is 2.34. The summed E-state index contributed by atoms with van der Waals surface area (Å²) in [4.78, 5) is 4.84. The minimum Gasteiger partial charge on any atom is -0.393 e. The third-order valence-electron chi connectivity index (χ3n) is 3.19. The minimum atomic E-state index is -0.138. The first-order valence-electron chi connectivity index (χ1n) is 5.19. The average molecular weight is 184 g/mol. The zero-order chi connectivity index (χ0) is 9.47. The molecule has 76 valence electrons. The van der Waals surface area contributed by atoms with Crippen LogP contribution in [0.25, 0.3) is 0 Å². The lowest BCUT2D eigenvalue weighted by Gasteiger charge is -2.59. The molecule has 0 aliphatic carbocycles. The van der Waals surface area contributed by atoms with E-state index in [2.05, 4.69) is 16.8 Å². The van der Waals surface area contributed by atoms with Gasteiger partial charge in [-0.2, -0.15) is 0 Å². The predicted molar refractivity (Wildman–Crippen MR) is 52.7 cm³/mol. The van der Waals surface area contributed by atoms with Crippen LogP contribution >= 0.6 is 0 Å². The van der Waals surface area contributed by atoms with E-state index in [0.29, 0.717) is 5.41 Å². The first-order valence-corrected chi connectivity index (χ1v) is 5.19. The molecule has 3 nitrogen and oxygen atoms in total. The second-order valence-electron chi connectivity index (χ2n) is 5.02. The lowest BCUT2D eigenvalue weighted by atomic mass is 9.73. The fraction of sp³-hybridized carbons (Fsp3) is 1.00. The van der Waals surface area contributed by atoms with E-state index in [1.54, 1.807) is 0 Å². The van der Waals surface area contributed by atoms with Crippen molar-refractivity contribution in [2.75, 3.05) is 39.8 Å². The van der Waals surface area contributed by atoms with Crippen LogP contribution in [0.1, 0.15) is 13.3 Å². The predicted octanol–water partition coefficient (Wildman–Crippen LogP) is 0.00470. The molecule has 2 saturated heterocycles. The van der Waals surface area contributed by atoms with E-state index in [1.807, 2.05) is 6.92 Å². The molecule has 0 saturated carbocycles. The Labute approximate surface area is 80.3 Å². The van der Waals surface area contributed by atoms with Crippen molar-refractivity contribution in [2.24, 2.45) is 5.41 Å². The Morgan fingerprint density at radius 2 is 1.92 bits per heavy atom. The minimum absolute atomic E-state index is 0.138. The Morgan fingerprint density at radius 3 is 2.38 bits per heavy atom. The molecule has 1 spiro atoms. The maximum absolute atomic E-state index is 9.13. The number of aliphatic hydroxyl groups excluding tert-OH is 1. The van der Waals surface area contributed by atoms with Crippen molar-refractivity contribution in [1.29, 1.82) is 0 Å². The summed E-state index contributed by atoms with van der Waals surface area (Å²) in [5.41, 5.74) is 0.646. The van der Waals surface area contributed by atoms with Crippen molar-refractivity contribution in [1.82, 2.24) is 9.80 Å². The average Bonchev–Trinajstić information content (AvgIpc) is 1.90. The number of hydrogen-bond acceptors (Lipinski definition) is 3. The van der Waals surface area contributed by atoms with Crippen molar-refractivity contribution >= 4 is 0 Å². The standard InChI is InChI=1S/C10H20N2O/c1-9(13)3-4-12-7-10(8-12)5-11(2)6-10/h9,13H,3-8H2,1-2H3. The maximum Gasteiger partial charge on any atom is 0.0524 e. The van der Waals surface area contributed by atoms with Crippen LogP contribution in [0.3, 0.4) is 0 Å². The van der Waals surface area contributed by atoms with Crippen LogP contribution in [0.2, 0.25) is 0 Å². The number of aliphatic hydroxyl groups is 1. The zero-order valence-electron chi connectivity index (χ0n) is 8.66. The molecule has 2 heterocycles. The normalized spacial score (nSPS) is 29.8. The summed E-state index contributed by atoms with van der Waals surface area (Å²) in [6, 6.07) is 0. The van der Waals surface area contributed by atoms with Gasteiger partial charge in [0.2, 0.25) is 0 Å². The van der Waals surface area contributed by atoms with Crippen molar-refractivity contribution < 1.29 is 5.11 Å². The van der Waals surface area contributed by atoms with Gasteiger partial charge < -0.3 is 14.9 Å². The van der Waals surface area contributed by atoms with E-state index in [4.69, 9.17) is 5.11 Å². The summed E-state index contributed by atoms with van der Waals surface area (Å²) < 4.78 is 0. The van der Waals surface area contributed by atoms with Gasteiger partial charge in [-0.3, -0.25) is 0 Å². The van der Waals surface area contributed by atoms with E-state index in [9.17, 15) is 0 Å². The third-order valence-corrected chi connectivity index (χ3v) is 3.19. The molecule has 1 unspecified atom stereocenters. The Bertz CT molecular complexity index is 179. The van der Waals surface area contributed by atoms with Gasteiger partial charge in [0, 0.05) is 38.1 Å². The quantitative estimate of drug-likeness (QED) is 0.669. The van der Waals surface area contributed by atoms with Gasteiger partial charge in [-0.25, -0.2) is 0 Å². The topological polar surface area (TPSA) is 26.7 Å². The molecular formula is C10H20N2O. The molecule has 2 aliphatic heterocycles. The summed E-state index contributed by atoms with van der Waals surface area (Å²) in [7, 11) is 2.18. The van der Waals surface area contributed by atoms with Gasteiger partial charge in [0.15, 0.2) is 0 Å². The fourth-order valence-electron chi connectivity index (χ4n) is 2.73. The first-order chi connectivity index (χ1) is 6.10. The van der Waals surface area contributed by atoms with Crippen LogP contribution in [0.4, 0.5) is 0 Å². The van der Waals surface area contributed by atoms with Gasteiger partial charge in [-0.15, -0.1) is 0 Å². The Hall–Kier alpha value is -0.120. The van der Waals surface area contributed by atoms with Crippen LogP contribution in [0.15, 0.2) is 0 Å². The molecule has 2 aliphatic rings. The second-order valence-corrected chi connectivity index (χ2v) is 5.02. The smallest absolute Gasteiger partial charge is 0.0524 e. The van der Waals surface area contributed by atoms with E-state index in [0.717, 1.165) is 13.0 Å². The van der Waals surface area contributed by atoms with Gasteiger partial charge in [0.1, 0.15) is 0 Å². The maximum atomic E-state index is 9.13. The monoisotopic (exact) mass is 184 g/mol. The molecule has 2 fully saturated rings. The molecule has 3 heteroatoms. The van der Waals surface area contributed by atoms with Crippen molar-refractivity contribution in [3.63, 3.8) is 0 Å². The first kappa shape index (κ1) is 9.44. The van der Waals surface area contributed by atoms with Crippen LogP contribution in [-0.4, -0.2) is 60.8 Å². The molecule has 13 heavy (non-hydrogen) atoms. The largest absolute Gasteiger partial charge is 0.393 e. The van der Waals surface area contributed by atoms with Crippen LogP contribution in [0.5, 0.6) is 0 Å². The van der Waals surface area contributed by atoms with Gasteiger partial charge in [0.05, 0.1) is 6.10 Å². The molecule has 2 rings (SSSR count). The number of nitrogens with zero attached hydrogens (tertiary/aromatic N) is 2. The van der Waals surface area contributed by atoms with E-state index < -0.39 is 0 Å². The van der Waals surface area contributed by atoms with Crippen molar-refractivity contribution in [3.8, 4) is 0 Å². The van der Waals surface area contributed by atoms with E-state index >= 15 is 0 Å². The molecule has 1 N–H and O–H groups in total. The second kappa shape index (κ2) is 3.23. The van der Waals surface area contributed by atoms with Gasteiger partial charge in [-0.05, 0) is 20.4 Å². The molecule has 0 aromatic carbocycles. The molecule has 0 aromatic heterocycles. The number of rotatable bonds is 3. The summed E-state index contributed by atoms with van der Waals surface area (Å²) in [6.45, 7) is 8.00. The highest BCUT2D eigenvalue weighted by Gasteiger charge is 2.49. The molecule has 0 radical (unpaired) electrons. The van der Waals surface area contributed by atoms with Gasteiger partial charge >= 0.3 is 0 Å². The highest BCUT2D eigenvalue weighted by Crippen LogP contribution is 2.38. The van der Waals surface area contributed by atoms with Crippen LogP contribution in [0, 0.1) is 5.41 Å². The summed E-state index contributed by atoms with van der Waals surface area (Å²) in [6.07, 6.45) is 0.784. The summed E-state index contributed by atoms with van der Waals surface area (Å²) in [5, 5.41) is 9.13. The highest BCUT2D eigenvalue weighted by molar-refractivity contribution is 5.04. The lowest BCUT2D eigenvalue weighted by molar-refractivity contribution is -0.106. The Balaban J connectivity index is 1.62. The zero-order valence-corrected chi connectivity index (χ0v) is 8.66. The highest BCUT2D eigenvalue weighted by atomic mass is 16.3. The SMILES string of the molecule is CC(O)CCN1CC2(CN(C)C2)C1.